The molecule has 0 atom stereocenters. The Balaban J connectivity index is 2.18. The highest BCUT2D eigenvalue weighted by molar-refractivity contribution is 14.1. The average molecular weight is 375 g/mol. The summed E-state index contributed by atoms with van der Waals surface area (Å²) >= 11 is 4.01. The van der Waals surface area contributed by atoms with Crippen molar-refractivity contribution in [3.05, 3.63) is 26.6 Å². The van der Waals surface area contributed by atoms with Gasteiger partial charge in [0, 0.05) is 23.3 Å². The first-order valence-corrected chi connectivity index (χ1v) is 7.97. The molecule has 0 aromatic carbocycles. The van der Waals surface area contributed by atoms with Crippen molar-refractivity contribution in [3.8, 4) is 0 Å². The molecular formula is C13H14INO2S. The first-order chi connectivity index (χ1) is 8.59. The Kier molecular flexibility index (Phi) is 3.13. The zero-order chi connectivity index (χ0) is 12.9. The second-order valence-corrected chi connectivity index (χ2v) is 7.03. The lowest BCUT2D eigenvalue weighted by Crippen LogP contribution is -2.27. The number of hydrogen-bond donors (Lipinski definition) is 1. The summed E-state index contributed by atoms with van der Waals surface area (Å²) in [5.74, 6) is -0.820. The van der Waals surface area contributed by atoms with Gasteiger partial charge in [0.1, 0.15) is 5.70 Å². The molecule has 1 aliphatic carbocycles. The molecule has 0 radical (unpaired) electrons. The smallest absolute Gasteiger partial charge is 0.353 e. The maximum absolute atomic E-state index is 11.3. The zero-order valence-electron chi connectivity index (χ0n) is 10.1. The monoisotopic (exact) mass is 375 g/mol. The summed E-state index contributed by atoms with van der Waals surface area (Å²) in [7, 11) is 1.87. The molecule has 1 aromatic rings. The summed E-state index contributed by atoms with van der Waals surface area (Å²) < 4.78 is 0.906. The van der Waals surface area contributed by atoms with E-state index in [1.165, 1.54) is 46.6 Å². The number of fused-ring (bicyclic) bond motifs is 3. The fourth-order valence-corrected chi connectivity index (χ4v) is 5.46. The molecule has 3 nitrogen and oxygen atoms in total. The molecular weight excluding hydrogens is 361 g/mol. The number of hydrogen-bond acceptors (Lipinski definition) is 3. The van der Waals surface area contributed by atoms with E-state index in [9.17, 15) is 9.90 Å². The van der Waals surface area contributed by atoms with Crippen molar-refractivity contribution in [2.24, 2.45) is 0 Å². The number of carboxylic acid groups (broad SMARTS) is 1. The van der Waals surface area contributed by atoms with Gasteiger partial charge < -0.3 is 10.0 Å². The van der Waals surface area contributed by atoms with Gasteiger partial charge in [0.05, 0.1) is 3.58 Å². The lowest BCUT2D eigenvalue weighted by atomic mass is 9.93. The highest BCUT2D eigenvalue weighted by Gasteiger charge is 2.31. The minimum Gasteiger partial charge on any atom is -0.477 e. The van der Waals surface area contributed by atoms with E-state index in [1.54, 1.807) is 0 Å². The van der Waals surface area contributed by atoms with Gasteiger partial charge in [0.15, 0.2) is 0 Å². The van der Waals surface area contributed by atoms with Crippen LogP contribution in [0.3, 0.4) is 0 Å². The van der Waals surface area contributed by atoms with Crippen LogP contribution >= 0.6 is 33.9 Å². The predicted molar refractivity (Wildman–Crippen MR) is 81.0 cm³/mol. The van der Waals surface area contributed by atoms with Gasteiger partial charge in [-0.25, -0.2) is 4.79 Å². The molecule has 0 amide bonds. The molecule has 18 heavy (non-hydrogen) atoms. The molecule has 0 bridgehead atoms. The zero-order valence-corrected chi connectivity index (χ0v) is 13.1. The second-order valence-electron chi connectivity index (χ2n) is 4.84. The van der Waals surface area contributed by atoms with Gasteiger partial charge >= 0.3 is 5.97 Å². The largest absolute Gasteiger partial charge is 0.477 e. The fourth-order valence-electron chi connectivity index (χ4n) is 2.82. The molecule has 0 saturated heterocycles. The molecule has 1 aliphatic heterocycles. The molecule has 0 saturated carbocycles. The third-order valence-corrected chi connectivity index (χ3v) is 6.44. The quantitative estimate of drug-likeness (QED) is 0.767. The minimum atomic E-state index is -0.820. The highest BCUT2D eigenvalue weighted by atomic mass is 127. The van der Waals surface area contributed by atoms with Gasteiger partial charge in [-0.05, 0) is 59.4 Å². The summed E-state index contributed by atoms with van der Waals surface area (Å²) in [6, 6.07) is 0. The van der Waals surface area contributed by atoms with Gasteiger partial charge in [0.2, 0.25) is 0 Å². The first kappa shape index (κ1) is 12.5. The molecule has 3 rings (SSSR count). The number of halogens is 1. The van der Waals surface area contributed by atoms with Crippen molar-refractivity contribution in [1.82, 2.24) is 4.90 Å². The fraction of sp³-hybridized carbons (Fsp3) is 0.462. The summed E-state index contributed by atoms with van der Waals surface area (Å²) in [6.45, 7) is 0.745. The van der Waals surface area contributed by atoms with Crippen LogP contribution < -0.4 is 0 Å². The van der Waals surface area contributed by atoms with Crippen molar-refractivity contribution in [3.63, 3.8) is 0 Å². The summed E-state index contributed by atoms with van der Waals surface area (Å²) in [5.41, 5.74) is 3.33. The van der Waals surface area contributed by atoms with Crippen LogP contribution in [-0.2, 0) is 24.2 Å². The number of thiophene rings is 1. The van der Waals surface area contributed by atoms with Gasteiger partial charge in [-0.2, -0.15) is 0 Å². The Morgan fingerprint density at radius 1 is 1.33 bits per heavy atom. The molecule has 1 aromatic heterocycles. The third kappa shape index (κ3) is 1.79. The van der Waals surface area contributed by atoms with E-state index in [0.29, 0.717) is 5.70 Å². The number of carbonyl (C=O) groups is 1. The van der Waals surface area contributed by atoms with Crippen LogP contribution in [-0.4, -0.2) is 23.0 Å². The lowest BCUT2D eigenvalue weighted by Gasteiger charge is -2.27. The maximum atomic E-state index is 11.3. The van der Waals surface area contributed by atoms with Gasteiger partial charge in [0.25, 0.3) is 0 Å². The first-order valence-electron chi connectivity index (χ1n) is 6.07. The van der Waals surface area contributed by atoms with Gasteiger partial charge in [-0.3, -0.25) is 0 Å². The SMILES string of the molecule is CN1Cc2c(sc3c2CCCC3)C(I)=C1C(=O)O. The minimum absolute atomic E-state index is 0.446. The highest BCUT2D eigenvalue weighted by Crippen LogP contribution is 2.45. The van der Waals surface area contributed by atoms with Crippen LogP contribution in [0.2, 0.25) is 0 Å². The molecule has 1 N–H and O–H groups in total. The van der Waals surface area contributed by atoms with E-state index in [1.807, 2.05) is 23.3 Å². The Morgan fingerprint density at radius 3 is 2.78 bits per heavy atom. The molecule has 0 spiro atoms. The number of nitrogens with zero attached hydrogens (tertiary/aromatic N) is 1. The Morgan fingerprint density at radius 2 is 2.06 bits per heavy atom. The topological polar surface area (TPSA) is 40.5 Å². The number of carboxylic acids is 1. The van der Waals surface area contributed by atoms with Crippen molar-refractivity contribution in [1.29, 1.82) is 0 Å². The molecule has 0 unspecified atom stereocenters. The standard InChI is InChI=1S/C13H14INO2S/c1-15-6-8-7-4-2-3-5-9(7)18-12(8)10(14)11(15)13(16)17/h2-6H2,1H3,(H,16,17). The van der Waals surface area contributed by atoms with Crippen LogP contribution in [0.5, 0.6) is 0 Å². The van der Waals surface area contributed by atoms with Crippen molar-refractivity contribution < 1.29 is 9.90 Å². The Labute approximate surface area is 124 Å². The molecule has 96 valence electrons. The number of aryl methyl sites for hydroxylation is 1. The van der Waals surface area contributed by atoms with Crippen LogP contribution in [0.25, 0.3) is 3.58 Å². The summed E-state index contributed by atoms with van der Waals surface area (Å²) in [6.07, 6.45) is 4.88. The van der Waals surface area contributed by atoms with Crippen molar-refractivity contribution in [2.75, 3.05) is 7.05 Å². The molecule has 0 fully saturated rings. The predicted octanol–water partition coefficient (Wildman–Crippen LogP) is 3.26. The van der Waals surface area contributed by atoms with Crippen LogP contribution in [0.15, 0.2) is 5.70 Å². The van der Waals surface area contributed by atoms with Crippen LogP contribution in [0, 0.1) is 0 Å². The number of likely N-dealkylation sites (N-methyl/N-ethyl adjacent to an activating group) is 1. The van der Waals surface area contributed by atoms with E-state index >= 15 is 0 Å². The van der Waals surface area contributed by atoms with Crippen LogP contribution in [0.4, 0.5) is 0 Å². The average Bonchev–Trinajstić information content (AvgIpc) is 2.68. The maximum Gasteiger partial charge on any atom is 0.353 e. The molecule has 2 aliphatic rings. The Hall–Kier alpha value is -0.560. The van der Waals surface area contributed by atoms with E-state index in [-0.39, 0.29) is 0 Å². The van der Waals surface area contributed by atoms with Gasteiger partial charge in [-0.15, -0.1) is 11.3 Å². The second kappa shape index (κ2) is 4.52. The van der Waals surface area contributed by atoms with E-state index in [2.05, 4.69) is 22.6 Å². The number of aliphatic carboxylic acids is 1. The van der Waals surface area contributed by atoms with E-state index < -0.39 is 5.97 Å². The van der Waals surface area contributed by atoms with Gasteiger partial charge in [-0.1, -0.05) is 0 Å². The summed E-state index contributed by atoms with van der Waals surface area (Å²) in [4.78, 5) is 15.9. The molecule has 2 heterocycles. The van der Waals surface area contributed by atoms with E-state index in [4.69, 9.17) is 0 Å². The van der Waals surface area contributed by atoms with Crippen molar-refractivity contribution in [2.45, 2.75) is 32.2 Å². The van der Waals surface area contributed by atoms with E-state index in [0.717, 1.165) is 10.1 Å². The van der Waals surface area contributed by atoms with Crippen molar-refractivity contribution >= 4 is 43.5 Å². The summed E-state index contributed by atoms with van der Waals surface area (Å²) in [5, 5.41) is 9.31. The third-order valence-electron chi connectivity index (χ3n) is 3.67. The number of rotatable bonds is 1. The lowest BCUT2D eigenvalue weighted by molar-refractivity contribution is -0.134. The molecule has 5 heteroatoms. The van der Waals surface area contributed by atoms with Crippen LogP contribution in [0.1, 0.15) is 33.7 Å². The Bertz CT molecular complexity index is 562. The normalized spacial score (nSPS) is 18.7.